The number of anilines is 1. The largest absolute Gasteiger partial charge is 0.398 e. The van der Waals surface area contributed by atoms with Crippen molar-refractivity contribution in [3.05, 3.63) is 141 Å². The minimum atomic E-state index is -3.22. The van der Waals surface area contributed by atoms with E-state index in [0.717, 1.165) is 35.4 Å². The molecular formula is C35H34Cl3F6N4O6P. The smallest absolute Gasteiger partial charge is 0.339 e. The Hall–Kier alpha value is -4.15. The lowest BCUT2D eigenvalue weighted by atomic mass is 10.1. The van der Waals surface area contributed by atoms with Gasteiger partial charge in [0.25, 0.3) is 17.9 Å². The Morgan fingerprint density at radius 2 is 1.24 bits per heavy atom. The highest BCUT2D eigenvalue weighted by Crippen LogP contribution is 2.61. The number of nitrogen functional groups attached to an aromatic ring is 1. The standard InChI is InChI=1S/C16H11F3N2O.C15H13F3N2O.C4H10O3.Cl3OP/c17-11-3-1-10(2-4-11)5-6-21-9-20-15-8-14(19)13(18)7-12(15)16(21)22;16-10-3-1-9(2-4-10)5-6-20-15(21)11-7-12(17)13(18)8-14(11)19;1-5-4(6-2)7-3;1-5(2,3)4/h1-4,7-9H,5-6H2;1-4,7-8H,5-6,19H2,(H,20,21);4H,1-3H3;. The van der Waals surface area contributed by atoms with Crippen LogP contribution in [0.15, 0.2) is 83.9 Å². The number of methoxy groups -OCH3 is 3. The SMILES string of the molecule is COC(OC)OC.Nc1cc(F)c(F)cc1C(=O)NCCc1ccc(F)cc1.O=P(Cl)(Cl)Cl.O=c1c2cc(F)c(F)cc2ncn1CCc1ccc(F)cc1. The van der Waals surface area contributed by atoms with Crippen molar-refractivity contribution in [2.24, 2.45) is 0 Å². The number of benzene rings is 4. The van der Waals surface area contributed by atoms with Gasteiger partial charge in [0.05, 0.1) is 22.8 Å². The molecule has 1 aromatic heterocycles. The molecule has 1 heterocycles. The maximum atomic E-state index is 13.3. The molecule has 0 aliphatic carbocycles. The molecular weight excluding hydrogens is 824 g/mol. The lowest BCUT2D eigenvalue weighted by Gasteiger charge is -2.08. The fourth-order valence-corrected chi connectivity index (χ4v) is 4.33. The van der Waals surface area contributed by atoms with Gasteiger partial charge in [-0.3, -0.25) is 18.7 Å². The summed E-state index contributed by atoms with van der Waals surface area (Å²) < 4.78 is 103. The molecule has 0 spiro atoms. The van der Waals surface area contributed by atoms with Crippen molar-refractivity contribution in [3.63, 3.8) is 0 Å². The molecule has 298 valence electrons. The van der Waals surface area contributed by atoms with Crippen molar-refractivity contribution in [1.82, 2.24) is 14.9 Å². The van der Waals surface area contributed by atoms with Crippen molar-refractivity contribution in [2.75, 3.05) is 33.6 Å². The highest BCUT2D eigenvalue weighted by molar-refractivity contribution is 8.24. The average Bonchev–Trinajstić information content (AvgIpc) is 3.12. The second kappa shape index (κ2) is 23.0. The summed E-state index contributed by atoms with van der Waals surface area (Å²) in [7, 11) is 4.53. The van der Waals surface area contributed by atoms with Gasteiger partial charge in [0, 0.05) is 52.2 Å². The van der Waals surface area contributed by atoms with Gasteiger partial charge in [-0.2, -0.15) is 0 Å². The topological polar surface area (TPSA) is 135 Å². The summed E-state index contributed by atoms with van der Waals surface area (Å²) in [4.78, 5) is 28.0. The number of halogens is 9. The molecule has 4 aromatic carbocycles. The lowest BCUT2D eigenvalue weighted by molar-refractivity contribution is -0.252. The third-order valence-electron chi connectivity index (χ3n) is 6.95. The summed E-state index contributed by atoms with van der Waals surface area (Å²) in [6.07, 6.45) is 2.28. The van der Waals surface area contributed by atoms with E-state index in [1.54, 1.807) is 24.3 Å². The number of nitrogens with zero attached hydrogens (tertiary/aromatic N) is 2. The maximum absolute atomic E-state index is 13.3. The van der Waals surface area contributed by atoms with E-state index in [9.17, 15) is 40.5 Å². The number of amides is 1. The number of nitrogens with one attached hydrogen (secondary N) is 1. The van der Waals surface area contributed by atoms with Crippen LogP contribution in [0, 0.1) is 34.9 Å². The molecule has 0 bridgehead atoms. The van der Waals surface area contributed by atoms with Gasteiger partial charge in [-0.25, -0.2) is 31.3 Å². The summed E-state index contributed by atoms with van der Waals surface area (Å²) in [5, 5.41) is -0.646. The van der Waals surface area contributed by atoms with Gasteiger partial charge < -0.3 is 25.3 Å². The number of nitrogens with two attached hydrogens (primary N) is 1. The molecule has 0 aliphatic heterocycles. The van der Waals surface area contributed by atoms with E-state index < -0.39 is 46.4 Å². The van der Waals surface area contributed by atoms with Crippen molar-refractivity contribution < 1.29 is 49.9 Å². The van der Waals surface area contributed by atoms with Gasteiger partial charge in [-0.05, 0) is 94.1 Å². The molecule has 0 saturated carbocycles. The Morgan fingerprint density at radius 3 is 1.73 bits per heavy atom. The second-order valence-corrected chi connectivity index (χ2v) is 17.4. The summed E-state index contributed by atoms with van der Waals surface area (Å²) in [5.41, 5.74) is 6.61. The van der Waals surface area contributed by atoms with Crippen LogP contribution in [0.2, 0.25) is 0 Å². The van der Waals surface area contributed by atoms with Crippen LogP contribution in [0.3, 0.4) is 0 Å². The predicted octanol–water partition coefficient (Wildman–Crippen LogP) is 8.74. The molecule has 0 fully saturated rings. The van der Waals surface area contributed by atoms with E-state index in [0.29, 0.717) is 19.4 Å². The van der Waals surface area contributed by atoms with Crippen molar-refractivity contribution in [2.45, 2.75) is 25.9 Å². The summed E-state index contributed by atoms with van der Waals surface area (Å²) in [6, 6.07) is 15.1. The van der Waals surface area contributed by atoms with Crippen molar-refractivity contribution in [3.8, 4) is 0 Å². The maximum Gasteiger partial charge on any atom is 0.339 e. The quantitative estimate of drug-likeness (QED) is 0.0617. The number of rotatable bonds is 10. The van der Waals surface area contributed by atoms with E-state index in [1.165, 1.54) is 56.5 Å². The molecule has 0 atom stereocenters. The molecule has 3 N–H and O–H groups in total. The van der Waals surface area contributed by atoms with Crippen LogP contribution in [-0.4, -0.2) is 49.8 Å². The van der Waals surface area contributed by atoms with E-state index in [-0.39, 0.29) is 40.3 Å². The number of hydrogen-bond donors (Lipinski definition) is 2. The van der Waals surface area contributed by atoms with Gasteiger partial charge >= 0.3 is 5.20 Å². The van der Waals surface area contributed by atoms with E-state index in [2.05, 4.69) is 58.2 Å². The lowest BCUT2D eigenvalue weighted by Crippen LogP contribution is -2.26. The van der Waals surface area contributed by atoms with E-state index >= 15 is 0 Å². The molecule has 10 nitrogen and oxygen atoms in total. The zero-order valence-corrected chi connectivity index (χ0v) is 32.3. The minimum Gasteiger partial charge on any atom is -0.398 e. The van der Waals surface area contributed by atoms with Crippen LogP contribution in [-0.2, 0) is 38.2 Å². The molecule has 0 unspecified atom stereocenters. The number of hydrogen-bond acceptors (Lipinski definition) is 8. The number of ether oxygens (including phenoxy) is 3. The predicted molar refractivity (Wildman–Crippen MR) is 199 cm³/mol. The Bertz CT molecular complexity index is 2100. The molecule has 55 heavy (non-hydrogen) atoms. The third-order valence-corrected chi connectivity index (χ3v) is 6.95. The van der Waals surface area contributed by atoms with Gasteiger partial charge in [0.15, 0.2) is 23.3 Å². The van der Waals surface area contributed by atoms with Gasteiger partial charge in [-0.1, -0.05) is 24.3 Å². The van der Waals surface area contributed by atoms with Crippen LogP contribution >= 0.6 is 38.9 Å². The molecule has 5 aromatic rings. The van der Waals surface area contributed by atoms with Crippen LogP contribution < -0.4 is 16.6 Å². The zero-order valence-electron chi connectivity index (χ0n) is 29.2. The molecule has 0 aliphatic rings. The highest BCUT2D eigenvalue weighted by Gasteiger charge is 2.14. The fraction of sp³-hybridized carbons (Fsp3) is 0.229. The Kier molecular flexibility index (Phi) is 19.7. The van der Waals surface area contributed by atoms with E-state index in [1.807, 2.05) is 0 Å². The average molecular weight is 858 g/mol. The molecule has 1 amide bonds. The summed E-state index contributed by atoms with van der Waals surface area (Å²) in [5.74, 6) is -5.61. The first kappa shape index (κ1) is 47.0. The van der Waals surface area contributed by atoms with Crippen LogP contribution in [0.25, 0.3) is 10.9 Å². The number of aromatic nitrogens is 2. The number of carbonyl (C=O) groups excluding carboxylic acids is 1. The minimum absolute atomic E-state index is 0.0282. The van der Waals surface area contributed by atoms with Crippen molar-refractivity contribution in [1.29, 1.82) is 0 Å². The number of fused-ring (bicyclic) bond motifs is 1. The van der Waals surface area contributed by atoms with Crippen LogP contribution in [0.5, 0.6) is 0 Å². The number of carbonyl (C=O) groups is 1. The zero-order chi connectivity index (χ0) is 41.3. The van der Waals surface area contributed by atoms with Crippen LogP contribution in [0.4, 0.5) is 32.0 Å². The summed E-state index contributed by atoms with van der Waals surface area (Å²) in [6.45, 7) is 0.0648. The molecule has 5 rings (SSSR count). The highest BCUT2D eigenvalue weighted by atomic mass is 36.0. The Morgan fingerprint density at radius 1 is 0.782 bits per heavy atom. The first-order valence-electron chi connectivity index (χ1n) is 15.5. The molecule has 20 heteroatoms. The van der Waals surface area contributed by atoms with Gasteiger partial charge in [0.1, 0.15) is 11.6 Å². The normalized spacial score (nSPS) is 10.8. The first-order chi connectivity index (χ1) is 25.9. The monoisotopic (exact) mass is 856 g/mol. The second-order valence-electron chi connectivity index (χ2n) is 10.8. The first-order valence-corrected chi connectivity index (χ1v) is 19.9. The van der Waals surface area contributed by atoms with Crippen LogP contribution in [0.1, 0.15) is 21.5 Å². The Labute approximate surface area is 325 Å². The molecule has 0 radical (unpaired) electrons. The number of aryl methyl sites for hydroxylation is 2. The van der Waals surface area contributed by atoms with E-state index in [4.69, 9.17) is 5.73 Å². The van der Waals surface area contributed by atoms with Crippen molar-refractivity contribution >= 4 is 61.4 Å². The van der Waals surface area contributed by atoms with Gasteiger partial charge in [-0.15, -0.1) is 0 Å². The Balaban J connectivity index is 0.000000295. The summed E-state index contributed by atoms with van der Waals surface area (Å²) >= 11 is 13.8. The fourth-order valence-electron chi connectivity index (χ4n) is 4.33. The third kappa shape index (κ3) is 17.0. The van der Waals surface area contributed by atoms with Gasteiger partial charge in [0.2, 0.25) is 0 Å². The molecule has 0 saturated heterocycles.